The van der Waals surface area contributed by atoms with Gasteiger partial charge >= 0.3 is 0 Å². The van der Waals surface area contributed by atoms with E-state index in [9.17, 15) is 13.2 Å². The Morgan fingerprint density at radius 2 is 1.69 bits per heavy atom. The normalized spacial score (nSPS) is 27.3. The zero-order valence-corrected chi connectivity index (χ0v) is 18.7. The third-order valence-corrected chi connectivity index (χ3v) is 8.55. The second-order valence-corrected chi connectivity index (χ2v) is 10.7. The predicted octanol–water partition coefficient (Wildman–Crippen LogP) is 3.60. The number of carbonyl (C=O) groups is 1. The second kappa shape index (κ2) is 9.58. The van der Waals surface area contributed by atoms with Crippen molar-refractivity contribution in [2.45, 2.75) is 76.3 Å². The van der Waals surface area contributed by atoms with Gasteiger partial charge in [0.1, 0.15) is 0 Å². The third-order valence-electron chi connectivity index (χ3n) is 6.64. The minimum Gasteiger partial charge on any atom is -0.325 e. The van der Waals surface area contributed by atoms with Crippen molar-refractivity contribution in [3.05, 3.63) is 24.3 Å². The van der Waals surface area contributed by atoms with Gasteiger partial charge in [0.15, 0.2) is 0 Å². The number of sulfonamides is 1. The molecule has 1 aliphatic carbocycles. The van der Waals surface area contributed by atoms with E-state index >= 15 is 0 Å². The van der Waals surface area contributed by atoms with Crippen molar-refractivity contribution in [3.63, 3.8) is 0 Å². The molecule has 1 saturated carbocycles. The summed E-state index contributed by atoms with van der Waals surface area (Å²) in [6.07, 6.45) is 6.47. The lowest BCUT2D eigenvalue weighted by Gasteiger charge is -2.36. The van der Waals surface area contributed by atoms with E-state index in [2.05, 4.69) is 24.5 Å². The van der Waals surface area contributed by atoms with Crippen molar-refractivity contribution >= 4 is 21.6 Å². The molecule has 1 saturated heterocycles. The van der Waals surface area contributed by atoms with Gasteiger partial charge < -0.3 is 10.6 Å². The molecule has 1 aromatic carbocycles. The number of nitrogens with zero attached hydrogens (tertiary/aromatic N) is 1. The van der Waals surface area contributed by atoms with E-state index in [1.165, 1.54) is 12.8 Å². The highest BCUT2D eigenvalue weighted by molar-refractivity contribution is 7.89. The number of piperidine rings is 1. The summed E-state index contributed by atoms with van der Waals surface area (Å²) in [6, 6.07) is 6.57. The minimum absolute atomic E-state index is 0.0953. The summed E-state index contributed by atoms with van der Waals surface area (Å²) in [6.45, 7) is 7.59. The molecular weight excluding hydrogens is 386 g/mol. The van der Waals surface area contributed by atoms with Crippen molar-refractivity contribution < 1.29 is 13.2 Å². The molecule has 6 nitrogen and oxygen atoms in total. The zero-order valence-electron chi connectivity index (χ0n) is 17.9. The molecule has 0 bridgehead atoms. The SMILES string of the molecule is CC(NC1CCCC(C)C1C)C(=O)Nc1ccc(S(=O)(=O)N2CCCCC2)cc1. The number of hydrogen-bond acceptors (Lipinski definition) is 4. The Morgan fingerprint density at radius 3 is 2.34 bits per heavy atom. The highest BCUT2D eigenvalue weighted by Crippen LogP contribution is 2.29. The standard InChI is InChI=1S/C22H35N3O3S/c1-16-8-7-9-21(17(16)2)23-18(3)22(26)24-19-10-12-20(13-11-19)29(27,28)25-14-5-4-6-15-25/h10-13,16-18,21,23H,4-9,14-15H2,1-3H3,(H,24,26). The van der Waals surface area contributed by atoms with Crippen LogP contribution in [-0.2, 0) is 14.8 Å². The summed E-state index contributed by atoms with van der Waals surface area (Å²) in [5.41, 5.74) is 0.617. The number of hydrogen-bond donors (Lipinski definition) is 2. The smallest absolute Gasteiger partial charge is 0.243 e. The second-order valence-electron chi connectivity index (χ2n) is 8.74. The number of amides is 1. The first kappa shape index (κ1) is 22.2. The van der Waals surface area contributed by atoms with Crippen LogP contribution in [0.2, 0.25) is 0 Å². The predicted molar refractivity (Wildman–Crippen MR) is 116 cm³/mol. The lowest BCUT2D eigenvalue weighted by atomic mass is 9.78. The molecule has 0 spiro atoms. The van der Waals surface area contributed by atoms with Gasteiger partial charge in [0.05, 0.1) is 10.9 Å². The van der Waals surface area contributed by atoms with Crippen LogP contribution in [-0.4, -0.2) is 43.8 Å². The topological polar surface area (TPSA) is 78.5 Å². The van der Waals surface area contributed by atoms with Crippen LogP contribution in [0.1, 0.15) is 59.3 Å². The fraction of sp³-hybridized carbons (Fsp3) is 0.682. The number of nitrogens with one attached hydrogen (secondary N) is 2. The fourth-order valence-corrected chi connectivity index (χ4v) is 5.95. The summed E-state index contributed by atoms with van der Waals surface area (Å²) in [5.74, 6) is 1.13. The zero-order chi connectivity index (χ0) is 21.0. The van der Waals surface area contributed by atoms with Crippen LogP contribution < -0.4 is 10.6 Å². The first-order chi connectivity index (χ1) is 13.8. The molecule has 29 heavy (non-hydrogen) atoms. The third kappa shape index (κ3) is 5.38. The molecule has 2 fully saturated rings. The van der Waals surface area contributed by atoms with Gasteiger partial charge in [0.25, 0.3) is 0 Å². The maximum absolute atomic E-state index is 12.7. The lowest BCUT2D eigenvalue weighted by molar-refractivity contribution is -0.118. The monoisotopic (exact) mass is 421 g/mol. The van der Waals surface area contributed by atoms with E-state index in [1.807, 2.05) is 6.92 Å². The summed E-state index contributed by atoms with van der Waals surface area (Å²) in [7, 11) is -3.45. The molecule has 7 heteroatoms. The summed E-state index contributed by atoms with van der Waals surface area (Å²) in [5, 5.41) is 6.39. The average Bonchev–Trinajstić information content (AvgIpc) is 2.72. The van der Waals surface area contributed by atoms with Crippen molar-refractivity contribution in [2.24, 2.45) is 11.8 Å². The van der Waals surface area contributed by atoms with Gasteiger partial charge in [-0.05, 0) is 62.3 Å². The molecular formula is C22H35N3O3S. The van der Waals surface area contributed by atoms with Gasteiger partial charge in [0, 0.05) is 24.8 Å². The first-order valence-electron chi connectivity index (χ1n) is 11.0. The quantitative estimate of drug-likeness (QED) is 0.736. The van der Waals surface area contributed by atoms with E-state index < -0.39 is 10.0 Å². The number of rotatable bonds is 6. The summed E-state index contributed by atoms with van der Waals surface area (Å²) in [4.78, 5) is 12.9. The fourth-order valence-electron chi connectivity index (χ4n) is 4.43. The highest BCUT2D eigenvalue weighted by atomic mass is 32.2. The maximum atomic E-state index is 12.7. The molecule has 2 N–H and O–H groups in total. The van der Waals surface area contributed by atoms with Crippen LogP contribution in [0, 0.1) is 11.8 Å². The number of anilines is 1. The molecule has 2 aliphatic rings. The molecule has 1 aromatic rings. The summed E-state index contributed by atoms with van der Waals surface area (Å²) < 4.78 is 27.0. The molecule has 162 valence electrons. The van der Waals surface area contributed by atoms with Crippen LogP contribution in [0.25, 0.3) is 0 Å². The Hall–Kier alpha value is -1.44. The minimum atomic E-state index is -3.45. The molecule has 1 amide bonds. The van der Waals surface area contributed by atoms with Crippen molar-refractivity contribution in [2.75, 3.05) is 18.4 Å². The Balaban J connectivity index is 1.58. The Labute approximate surface area is 175 Å². The highest BCUT2D eigenvalue weighted by Gasteiger charge is 2.29. The van der Waals surface area contributed by atoms with Gasteiger partial charge in [-0.2, -0.15) is 4.31 Å². The summed E-state index contributed by atoms with van der Waals surface area (Å²) >= 11 is 0. The van der Waals surface area contributed by atoms with Gasteiger partial charge in [-0.15, -0.1) is 0 Å². The van der Waals surface area contributed by atoms with E-state index in [4.69, 9.17) is 0 Å². The maximum Gasteiger partial charge on any atom is 0.243 e. The van der Waals surface area contributed by atoms with Crippen molar-refractivity contribution in [1.29, 1.82) is 0 Å². The van der Waals surface area contributed by atoms with E-state index in [0.717, 1.165) is 25.7 Å². The molecule has 3 rings (SSSR count). The van der Waals surface area contributed by atoms with Crippen LogP contribution in [0.15, 0.2) is 29.2 Å². The average molecular weight is 422 g/mol. The van der Waals surface area contributed by atoms with Crippen molar-refractivity contribution in [3.8, 4) is 0 Å². The van der Waals surface area contributed by atoms with Crippen LogP contribution in [0.4, 0.5) is 5.69 Å². The lowest BCUT2D eigenvalue weighted by Crippen LogP contribution is -2.49. The Morgan fingerprint density at radius 1 is 1.03 bits per heavy atom. The molecule has 0 aromatic heterocycles. The molecule has 4 unspecified atom stereocenters. The van der Waals surface area contributed by atoms with E-state index in [1.54, 1.807) is 28.6 Å². The molecule has 4 atom stereocenters. The molecule has 1 aliphatic heterocycles. The van der Waals surface area contributed by atoms with Crippen LogP contribution in [0.5, 0.6) is 0 Å². The largest absolute Gasteiger partial charge is 0.325 e. The van der Waals surface area contributed by atoms with E-state index in [0.29, 0.717) is 36.7 Å². The van der Waals surface area contributed by atoms with Gasteiger partial charge in [-0.1, -0.05) is 33.1 Å². The Kier molecular flexibility index (Phi) is 7.35. The van der Waals surface area contributed by atoms with E-state index in [-0.39, 0.29) is 16.8 Å². The van der Waals surface area contributed by atoms with Gasteiger partial charge in [-0.25, -0.2) is 8.42 Å². The number of benzene rings is 1. The number of carbonyl (C=O) groups excluding carboxylic acids is 1. The van der Waals surface area contributed by atoms with Crippen molar-refractivity contribution in [1.82, 2.24) is 9.62 Å². The van der Waals surface area contributed by atoms with Gasteiger partial charge in [0.2, 0.25) is 15.9 Å². The molecule has 1 heterocycles. The van der Waals surface area contributed by atoms with Crippen LogP contribution in [0.3, 0.4) is 0 Å². The van der Waals surface area contributed by atoms with Crippen LogP contribution >= 0.6 is 0 Å². The molecule has 0 radical (unpaired) electrons. The van der Waals surface area contributed by atoms with Gasteiger partial charge in [-0.3, -0.25) is 4.79 Å². The first-order valence-corrected chi connectivity index (χ1v) is 12.4. The Bertz CT molecular complexity index is 788.